The van der Waals surface area contributed by atoms with Crippen LogP contribution in [0.3, 0.4) is 0 Å². The molecule has 70 valence electrons. The molecule has 13 heavy (non-hydrogen) atoms. The summed E-state index contributed by atoms with van der Waals surface area (Å²) < 4.78 is 19.3. The SMILES string of the molecule is NC1(c2ccc(S(=O)O)cc2)NO1. The number of nitrogens with two attached hydrogens (primary N) is 1. The van der Waals surface area contributed by atoms with E-state index in [1.807, 2.05) is 0 Å². The van der Waals surface area contributed by atoms with E-state index in [4.69, 9.17) is 15.1 Å². The Morgan fingerprint density at radius 2 is 2.00 bits per heavy atom. The van der Waals surface area contributed by atoms with Crippen LogP contribution in [0, 0.1) is 0 Å². The highest BCUT2D eigenvalue weighted by Crippen LogP contribution is 2.26. The fourth-order valence-electron chi connectivity index (χ4n) is 0.992. The summed E-state index contributed by atoms with van der Waals surface area (Å²) in [7, 11) is 0. The van der Waals surface area contributed by atoms with Crippen LogP contribution in [0.25, 0.3) is 0 Å². The highest BCUT2D eigenvalue weighted by atomic mass is 32.2. The molecule has 0 aromatic heterocycles. The largest absolute Gasteiger partial charge is 0.302 e. The highest BCUT2D eigenvalue weighted by molar-refractivity contribution is 7.79. The maximum absolute atomic E-state index is 10.6. The number of rotatable bonds is 2. The van der Waals surface area contributed by atoms with E-state index in [0.29, 0.717) is 4.90 Å². The molecule has 2 atom stereocenters. The topological polar surface area (TPSA) is 97.8 Å². The summed E-state index contributed by atoms with van der Waals surface area (Å²) in [4.78, 5) is 5.11. The van der Waals surface area contributed by atoms with Crippen molar-refractivity contribution >= 4 is 11.1 Å². The first-order chi connectivity index (χ1) is 6.12. The van der Waals surface area contributed by atoms with E-state index in [0.717, 1.165) is 5.56 Å². The molecule has 1 saturated heterocycles. The lowest BCUT2D eigenvalue weighted by atomic mass is 10.2. The number of hydrogen-bond donors (Lipinski definition) is 3. The standard InChI is InChI=1S/C7H8N2O3S/c8-7(9-12-7)5-1-3-6(4-2-5)13(10)11/h1-4,9H,8H2,(H,10,11). The summed E-state index contributed by atoms with van der Waals surface area (Å²) in [5.41, 5.74) is 8.86. The smallest absolute Gasteiger partial charge is 0.239 e. The molecule has 1 heterocycles. The minimum atomic E-state index is -1.95. The Morgan fingerprint density at radius 3 is 2.38 bits per heavy atom. The minimum Gasteiger partial charge on any atom is -0.302 e. The Bertz CT molecular complexity index is 347. The first-order valence-electron chi connectivity index (χ1n) is 3.57. The summed E-state index contributed by atoms with van der Waals surface area (Å²) >= 11 is -1.95. The first kappa shape index (κ1) is 8.79. The molecule has 1 aromatic carbocycles. The molecule has 1 aliphatic heterocycles. The second-order valence-electron chi connectivity index (χ2n) is 2.71. The third kappa shape index (κ3) is 1.62. The van der Waals surface area contributed by atoms with Crippen LogP contribution in [0.2, 0.25) is 0 Å². The molecule has 0 amide bonds. The monoisotopic (exact) mass is 200 g/mol. The maximum atomic E-state index is 10.6. The lowest BCUT2D eigenvalue weighted by molar-refractivity contribution is 0.301. The van der Waals surface area contributed by atoms with Gasteiger partial charge in [-0.1, -0.05) is 12.1 Å². The summed E-state index contributed by atoms with van der Waals surface area (Å²) in [6.45, 7) is 0. The van der Waals surface area contributed by atoms with E-state index < -0.39 is 16.9 Å². The van der Waals surface area contributed by atoms with E-state index in [2.05, 4.69) is 5.48 Å². The van der Waals surface area contributed by atoms with Crippen molar-refractivity contribution in [2.24, 2.45) is 5.73 Å². The van der Waals surface area contributed by atoms with Crippen LogP contribution >= 0.6 is 0 Å². The van der Waals surface area contributed by atoms with Gasteiger partial charge in [0.15, 0.2) is 11.1 Å². The molecule has 4 N–H and O–H groups in total. The van der Waals surface area contributed by atoms with E-state index in [1.165, 1.54) is 12.1 Å². The van der Waals surface area contributed by atoms with Crippen LogP contribution in [0.1, 0.15) is 5.56 Å². The summed E-state index contributed by atoms with van der Waals surface area (Å²) in [5, 5.41) is 0. The summed E-state index contributed by atoms with van der Waals surface area (Å²) in [5.74, 6) is -0.907. The Hall–Kier alpha value is -0.790. The van der Waals surface area contributed by atoms with Crippen molar-refractivity contribution in [2.45, 2.75) is 10.7 Å². The molecule has 2 rings (SSSR count). The van der Waals surface area contributed by atoms with Gasteiger partial charge in [-0.2, -0.15) is 0 Å². The molecule has 1 fully saturated rings. The fraction of sp³-hybridized carbons (Fsp3) is 0.143. The van der Waals surface area contributed by atoms with Gasteiger partial charge >= 0.3 is 0 Å². The lowest BCUT2D eigenvalue weighted by Gasteiger charge is -2.02. The predicted molar refractivity (Wildman–Crippen MR) is 45.6 cm³/mol. The predicted octanol–water partition coefficient (Wildman–Crippen LogP) is -0.129. The van der Waals surface area contributed by atoms with Crippen molar-refractivity contribution in [3.8, 4) is 0 Å². The average Bonchev–Trinajstić information content (AvgIpc) is 2.85. The second-order valence-corrected chi connectivity index (χ2v) is 3.68. The molecule has 1 aliphatic rings. The molecule has 0 saturated carbocycles. The molecule has 5 nitrogen and oxygen atoms in total. The molecule has 6 heteroatoms. The van der Waals surface area contributed by atoms with Gasteiger partial charge in [0.1, 0.15) is 0 Å². The molecule has 0 spiro atoms. The van der Waals surface area contributed by atoms with Crippen LogP contribution in [-0.2, 0) is 21.8 Å². The zero-order valence-electron chi connectivity index (χ0n) is 6.56. The Labute approximate surface area is 77.1 Å². The average molecular weight is 200 g/mol. The van der Waals surface area contributed by atoms with Gasteiger partial charge in [-0.05, 0) is 12.1 Å². The van der Waals surface area contributed by atoms with E-state index in [-0.39, 0.29) is 0 Å². The zero-order chi connectivity index (χ0) is 9.47. The Balaban J connectivity index is 2.28. The summed E-state index contributed by atoms with van der Waals surface area (Å²) in [6.07, 6.45) is 0. The van der Waals surface area contributed by atoms with Gasteiger partial charge in [0.25, 0.3) is 0 Å². The number of nitrogens with one attached hydrogen (secondary N) is 1. The van der Waals surface area contributed by atoms with Crippen LogP contribution in [-0.4, -0.2) is 8.76 Å². The van der Waals surface area contributed by atoms with Crippen LogP contribution in [0.4, 0.5) is 0 Å². The molecular formula is C7H8N2O3S. The molecule has 0 aliphatic carbocycles. The van der Waals surface area contributed by atoms with Crippen molar-refractivity contribution in [3.05, 3.63) is 29.8 Å². The van der Waals surface area contributed by atoms with Gasteiger partial charge in [0.2, 0.25) is 5.85 Å². The molecular weight excluding hydrogens is 192 g/mol. The van der Waals surface area contributed by atoms with Gasteiger partial charge in [-0.15, -0.1) is 5.48 Å². The Kier molecular flexibility index (Phi) is 1.94. The molecule has 1 aromatic rings. The number of benzene rings is 1. The van der Waals surface area contributed by atoms with Crippen molar-refractivity contribution in [1.29, 1.82) is 0 Å². The second kappa shape index (κ2) is 2.86. The van der Waals surface area contributed by atoms with Crippen LogP contribution in [0.15, 0.2) is 29.2 Å². The maximum Gasteiger partial charge on any atom is 0.239 e. The normalized spacial score (nSPS) is 28.5. The summed E-state index contributed by atoms with van der Waals surface area (Å²) in [6, 6.07) is 6.35. The van der Waals surface area contributed by atoms with E-state index >= 15 is 0 Å². The lowest BCUT2D eigenvalue weighted by Crippen LogP contribution is -2.24. The van der Waals surface area contributed by atoms with Gasteiger partial charge in [0.05, 0.1) is 4.90 Å². The number of hydroxylamine groups is 1. The first-order valence-corrected chi connectivity index (χ1v) is 4.68. The zero-order valence-corrected chi connectivity index (χ0v) is 7.38. The van der Waals surface area contributed by atoms with Crippen LogP contribution in [0.5, 0.6) is 0 Å². The molecule has 0 radical (unpaired) electrons. The van der Waals surface area contributed by atoms with Crippen molar-refractivity contribution in [2.75, 3.05) is 0 Å². The Morgan fingerprint density at radius 1 is 1.46 bits per heavy atom. The van der Waals surface area contributed by atoms with E-state index in [9.17, 15) is 4.21 Å². The van der Waals surface area contributed by atoms with Crippen molar-refractivity contribution < 1.29 is 13.6 Å². The van der Waals surface area contributed by atoms with Gasteiger partial charge in [-0.3, -0.25) is 10.6 Å². The van der Waals surface area contributed by atoms with Crippen molar-refractivity contribution in [3.63, 3.8) is 0 Å². The quantitative estimate of drug-likeness (QED) is 0.456. The van der Waals surface area contributed by atoms with Crippen molar-refractivity contribution in [1.82, 2.24) is 5.48 Å². The van der Waals surface area contributed by atoms with Gasteiger partial charge in [0, 0.05) is 5.56 Å². The highest BCUT2D eigenvalue weighted by Gasteiger charge is 2.42. The van der Waals surface area contributed by atoms with Gasteiger partial charge < -0.3 is 4.55 Å². The third-order valence-electron chi connectivity index (χ3n) is 1.81. The minimum absolute atomic E-state index is 0.341. The van der Waals surface area contributed by atoms with Crippen LogP contribution < -0.4 is 11.2 Å². The van der Waals surface area contributed by atoms with Gasteiger partial charge in [-0.25, -0.2) is 4.21 Å². The fourth-order valence-corrected chi connectivity index (χ4v) is 1.36. The molecule has 0 bridgehead atoms. The van der Waals surface area contributed by atoms with E-state index in [1.54, 1.807) is 12.1 Å². The molecule has 2 unspecified atom stereocenters. The third-order valence-corrected chi connectivity index (χ3v) is 2.48. The number of hydrogen-bond acceptors (Lipinski definition) is 4.